The third kappa shape index (κ3) is 3.69. The molecule has 8 bridgehead atoms. The van der Waals surface area contributed by atoms with Gasteiger partial charge in [0.25, 0.3) is 0 Å². The van der Waals surface area contributed by atoms with Crippen LogP contribution in [0.1, 0.15) is 88.2 Å². The van der Waals surface area contributed by atoms with Gasteiger partial charge < -0.3 is 19.7 Å². The molecule has 4 nitrogen and oxygen atoms in total. The van der Waals surface area contributed by atoms with Crippen molar-refractivity contribution in [2.45, 2.75) is 87.9 Å². The summed E-state index contributed by atoms with van der Waals surface area (Å²) in [5.74, 6) is 6.94. The van der Waals surface area contributed by atoms with Gasteiger partial charge in [-0.1, -0.05) is 12.1 Å². The summed E-state index contributed by atoms with van der Waals surface area (Å²) < 4.78 is 12.2. The number of hydrogen-bond donors (Lipinski definition) is 2. The Hall–Kier alpha value is -1.78. The van der Waals surface area contributed by atoms with Crippen LogP contribution < -0.4 is 9.47 Å². The standard InChI is InChI=1S/C34H44O4/c35-3-5-37-31-2-1-27-13-29(33-15-21-7-22(16-33)9-23(8-21)17-33)30(14-28(27)32(31)38-6-4-36)34-18-24-10-25(19-34)12-26(11-24)20-34/h1-2,13-14,21-26,35-36H,3-12,15-20H2. The van der Waals surface area contributed by atoms with E-state index < -0.39 is 0 Å². The van der Waals surface area contributed by atoms with Crippen LogP contribution in [0.4, 0.5) is 0 Å². The Morgan fingerprint density at radius 1 is 0.605 bits per heavy atom. The molecule has 8 fully saturated rings. The van der Waals surface area contributed by atoms with Gasteiger partial charge in [0.2, 0.25) is 0 Å². The maximum absolute atomic E-state index is 9.61. The lowest BCUT2D eigenvalue weighted by atomic mass is 9.44. The van der Waals surface area contributed by atoms with Gasteiger partial charge in [0.05, 0.1) is 13.2 Å². The Morgan fingerprint density at radius 3 is 1.53 bits per heavy atom. The summed E-state index contributed by atoms with van der Waals surface area (Å²) in [7, 11) is 0. The fraction of sp³-hybridized carbons (Fsp3) is 0.706. The molecular weight excluding hydrogens is 472 g/mol. The summed E-state index contributed by atoms with van der Waals surface area (Å²) in [5.41, 5.74) is 4.06. The number of hydrogen-bond acceptors (Lipinski definition) is 4. The minimum absolute atomic E-state index is 0.0248. The second-order valence-electron chi connectivity index (χ2n) is 14.6. The molecule has 8 saturated carbocycles. The molecule has 0 spiro atoms. The van der Waals surface area contributed by atoms with Crippen LogP contribution in [0.5, 0.6) is 11.5 Å². The Bertz CT molecular complexity index is 1160. The van der Waals surface area contributed by atoms with Gasteiger partial charge in [0.1, 0.15) is 13.2 Å². The molecule has 204 valence electrons. The average molecular weight is 517 g/mol. The molecule has 2 N–H and O–H groups in total. The quantitative estimate of drug-likeness (QED) is 0.420. The summed E-state index contributed by atoms with van der Waals surface area (Å²) in [5, 5.41) is 21.4. The topological polar surface area (TPSA) is 58.9 Å². The summed E-state index contributed by atoms with van der Waals surface area (Å²) in [6.07, 6.45) is 17.1. The third-order valence-corrected chi connectivity index (χ3v) is 12.0. The third-order valence-electron chi connectivity index (χ3n) is 12.0. The van der Waals surface area contributed by atoms with E-state index in [-0.39, 0.29) is 26.4 Å². The highest BCUT2D eigenvalue weighted by Gasteiger charge is 2.56. The molecule has 0 unspecified atom stereocenters. The van der Waals surface area contributed by atoms with Gasteiger partial charge in [-0.3, -0.25) is 0 Å². The zero-order chi connectivity index (χ0) is 25.5. The maximum Gasteiger partial charge on any atom is 0.169 e. The predicted molar refractivity (Wildman–Crippen MR) is 149 cm³/mol. The minimum Gasteiger partial charge on any atom is -0.487 e. The lowest BCUT2D eigenvalue weighted by Gasteiger charge is -2.61. The largest absolute Gasteiger partial charge is 0.487 e. The van der Waals surface area contributed by atoms with Crippen molar-refractivity contribution in [1.82, 2.24) is 0 Å². The normalized spacial score (nSPS) is 40.3. The van der Waals surface area contributed by atoms with E-state index >= 15 is 0 Å². The molecule has 0 aliphatic heterocycles. The Kier molecular flexibility index (Phi) is 5.61. The predicted octanol–water partition coefficient (Wildman–Crippen LogP) is 6.52. The van der Waals surface area contributed by atoms with Crippen molar-refractivity contribution in [1.29, 1.82) is 0 Å². The molecule has 2 aromatic rings. The van der Waals surface area contributed by atoms with Gasteiger partial charge in [0.15, 0.2) is 11.5 Å². The maximum atomic E-state index is 9.61. The van der Waals surface area contributed by atoms with Gasteiger partial charge in [-0.15, -0.1) is 0 Å². The SMILES string of the molecule is OCCOc1ccc2cc(C34CC5CC(CC(C5)C3)C4)c(C34CC5CC(CC(C5)C3)C4)cc2c1OCCO. The number of ether oxygens (including phenoxy) is 2. The number of rotatable bonds is 8. The molecule has 10 rings (SSSR count). The van der Waals surface area contributed by atoms with Gasteiger partial charge >= 0.3 is 0 Å². The molecule has 0 radical (unpaired) electrons. The average Bonchev–Trinajstić information content (AvgIpc) is 2.88. The zero-order valence-corrected chi connectivity index (χ0v) is 22.8. The van der Waals surface area contributed by atoms with Gasteiger partial charge in [-0.25, -0.2) is 0 Å². The molecule has 0 heterocycles. The van der Waals surface area contributed by atoms with Crippen LogP contribution in [-0.2, 0) is 10.8 Å². The number of aliphatic hydroxyl groups excluding tert-OH is 2. The highest BCUT2D eigenvalue weighted by Crippen LogP contribution is 2.66. The monoisotopic (exact) mass is 516 g/mol. The molecule has 0 atom stereocenters. The fourth-order valence-electron chi connectivity index (χ4n) is 11.6. The lowest BCUT2D eigenvalue weighted by Crippen LogP contribution is -2.52. The first-order valence-corrected chi connectivity index (χ1v) is 15.7. The molecule has 2 aromatic carbocycles. The molecule has 0 aromatic heterocycles. The molecule has 0 saturated heterocycles. The van der Waals surface area contributed by atoms with E-state index in [4.69, 9.17) is 9.47 Å². The van der Waals surface area contributed by atoms with Crippen molar-refractivity contribution >= 4 is 10.8 Å². The smallest absolute Gasteiger partial charge is 0.169 e. The van der Waals surface area contributed by atoms with Crippen LogP contribution in [0.15, 0.2) is 24.3 Å². The van der Waals surface area contributed by atoms with Gasteiger partial charge in [-0.05, 0) is 152 Å². The number of aliphatic hydroxyl groups is 2. The Morgan fingerprint density at radius 2 is 1.05 bits per heavy atom. The fourth-order valence-corrected chi connectivity index (χ4v) is 11.6. The van der Waals surface area contributed by atoms with Crippen molar-refractivity contribution in [2.75, 3.05) is 26.4 Å². The molecular formula is C34H44O4. The van der Waals surface area contributed by atoms with E-state index in [0.717, 1.165) is 46.6 Å². The van der Waals surface area contributed by atoms with Crippen LogP contribution in [0.2, 0.25) is 0 Å². The molecule has 0 amide bonds. The van der Waals surface area contributed by atoms with E-state index in [9.17, 15) is 10.2 Å². The van der Waals surface area contributed by atoms with E-state index in [1.807, 2.05) is 6.07 Å². The minimum atomic E-state index is -0.0268. The van der Waals surface area contributed by atoms with Crippen molar-refractivity contribution in [3.63, 3.8) is 0 Å². The summed E-state index contributed by atoms with van der Waals surface area (Å²) >= 11 is 0. The molecule has 38 heavy (non-hydrogen) atoms. The van der Waals surface area contributed by atoms with Crippen LogP contribution in [0, 0.1) is 35.5 Å². The first-order chi connectivity index (χ1) is 18.6. The molecule has 8 aliphatic carbocycles. The molecule has 8 aliphatic rings. The first-order valence-electron chi connectivity index (χ1n) is 15.7. The Balaban J connectivity index is 1.33. The van der Waals surface area contributed by atoms with E-state index in [1.54, 1.807) is 11.1 Å². The van der Waals surface area contributed by atoms with Gasteiger partial charge in [-0.2, -0.15) is 0 Å². The van der Waals surface area contributed by atoms with E-state index in [1.165, 1.54) is 82.4 Å². The van der Waals surface area contributed by atoms with E-state index in [2.05, 4.69) is 18.2 Å². The zero-order valence-electron chi connectivity index (χ0n) is 22.8. The van der Waals surface area contributed by atoms with Gasteiger partial charge in [0, 0.05) is 5.39 Å². The highest BCUT2D eigenvalue weighted by atomic mass is 16.5. The van der Waals surface area contributed by atoms with Crippen molar-refractivity contribution < 1.29 is 19.7 Å². The summed E-state index contributed by atoms with van der Waals surface area (Å²) in [6, 6.07) is 9.37. The second kappa shape index (κ2) is 8.86. The van der Waals surface area contributed by atoms with Crippen molar-refractivity contribution in [2.24, 2.45) is 35.5 Å². The van der Waals surface area contributed by atoms with E-state index in [0.29, 0.717) is 16.6 Å². The number of fused-ring (bicyclic) bond motifs is 1. The van der Waals surface area contributed by atoms with Crippen LogP contribution in [-0.4, -0.2) is 36.6 Å². The van der Waals surface area contributed by atoms with Crippen LogP contribution in [0.3, 0.4) is 0 Å². The highest BCUT2D eigenvalue weighted by molar-refractivity contribution is 5.92. The summed E-state index contributed by atoms with van der Waals surface area (Å²) in [6.45, 7) is 0.441. The number of benzene rings is 2. The lowest BCUT2D eigenvalue weighted by molar-refractivity contribution is -0.0173. The summed E-state index contributed by atoms with van der Waals surface area (Å²) in [4.78, 5) is 0. The van der Waals surface area contributed by atoms with Crippen LogP contribution >= 0.6 is 0 Å². The van der Waals surface area contributed by atoms with Crippen molar-refractivity contribution in [3.8, 4) is 11.5 Å². The van der Waals surface area contributed by atoms with Crippen molar-refractivity contribution in [3.05, 3.63) is 35.4 Å². The molecule has 4 heteroatoms. The Labute approximate surface area is 227 Å². The van der Waals surface area contributed by atoms with Crippen LogP contribution in [0.25, 0.3) is 10.8 Å². The first kappa shape index (κ1) is 24.1. The second-order valence-corrected chi connectivity index (χ2v) is 14.6.